The highest BCUT2D eigenvalue weighted by atomic mass is 16.3. The summed E-state index contributed by atoms with van der Waals surface area (Å²) in [5, 5.41) is 17.9. The molecule has 0 bridgehead atoms. The molecule has 2 rings (SSSR count). The molecule has 1 fully saturated rings. The van der Waals surface area contributed by atoms with Gasteiger partial charge >= 0.3 is 0 Å². The molecule has 1 aromatic heterocycles. The van der Waals surface area contributed by atoms with Gasteiger partial charge in [-0.15, -0.1) is 0 Å². The predicted octanol–water partition coefficient (Wildman–Crippen LogP) is 1.72. The number of hydrogen-bond donors (Lipinski definition) is 1. The van der Waals surface area contributed by atoms with Crippen LogP contribution in [-0.4, -0.2) is 40.1 Å². The van der Waals surface area contributed by atoms with Gasteiger partial charge < -0.3 is 10.0 Å². The Morgan fingerprint density at radius 2 is 2.15 bits per heavy atom. The predicted molar refractivity (Wildman–Crippen MR) is 73.9 cm³/mol. The van der Waals surface area contributed by atoms with Crippen molar-refractivity contribution >= 4 is 5.91 Å². The van der Waals surface area contributed by atoms with Gasteiger partial charge in [-0.1, -0.05) is 19.3 Å². The van der Waals surface area contributed by atoms with Crippen molar-refractivity contribution < 1.29 is 9.90 Å². The summed E-state index contributed by atoms with van der Waals surface area (Å²) in [6.45, 7) is 0.295. The first-order valence-electron chi connectivity index (χ1n) is 7.04. The van der Waals surface area contributed by atoms with Crippen LogP contribution < -0.4 is 0 Å². The Bertz CT molecular complexity index is 487. The lowest BCUT2D eigenvalue weighted by molar-refractivity contribution is 0.0579. The molecule has 1 aliphatic rings. The maximum Gasteiger partial charge on any atom is 0.272 e. The van der Waals surface area contributed by atoms with E-state index in [2.05, 4.69) is 4.98 Å². The minimum Gasteiger partial charge on any atom is -0.395 e. The van der Waals surface area contributed by atoms with Crippen molar-refractivity contribution in [3.63, 3.8) is 0 Å². The number of aromatic nitrogens is 1. The maximum absolute atomic E-state index is 12.5. The summed E-state index contributed by atoms with van der Waals surface area (Å²) in [4.78, 5) is 18.3. The Morgan fingerprint density at radius 1 is 1.40 bits per heavy atom. The average molecular weight is 273 g/mol. The lowest BCUT2D eigenvalue weighted by atomic mass is 9.94. The molecule has 106 valence electrons. The Kier molecular flexibility index (Phi) is 5.08. The fraction of sp³-hybridized carbons (Fsp3) is 0.533. The first-order chi connectivity index (χ1) is 9.76. The van der Waals surface area contributed by atoms with E-state index in [0.29, 0.717) is 17.8 Å². The zero-order valence-corrected chi connectivity index (χ0v) is 11.5. The molecule has 20 heavy (non-hydrogen) atoms. The smallest absolute Gasteiger partial charge is 0.272 e. The number of pyridine rings is 1. The number of aliphatic hydroxyl groups is 1. The number of carbonyl (C=O) groups is 1. The molecule has 1 saturated carbocycles. The molecule has 5 nitrogen and oxygen atoms in total. The first kappa shape index (κ1) is 14.5. The SMILES string of the molecule is N#Cc1ccc(C(=O)N(CCO)C2CCCCC2)nc1. The van der Waals surface area contributed by atoms with Gasteiger partial charge in [-0.3, -0.25) is 4.79 Å². The third kappa shape index (κ3) is 3.34. The van der Waals surface area contributed by atoms with Crippen LogP contribution in [0.2, 0.25) is 0 Å². The van der Waals surface area contributed by atoms with E-state index in [0.717, 1.165) is 25.7 Å². The van der Waals surface area contributed by atoms with E-state index >= 15 is 0 Å². The summed E-state index contributed by atoms with van der Waals surface area (Å²) >= 11 is 0. The van der Waals surface area contributed by atoms with E-state index in [1.807, 2.05) is 6.07 Å². The zero-order valence-electron chi connectivity index (χ0n) is 11.5. The van der Waals surface area contributed by atoms with Crippen LogP contribution in [0, 0.1) is 11.3 Å². The van der Waals surface area contributed by atoms with Gasteiger partial charge in [-0.25, -0.2) is 4.98 Å². The molecule has 0 radical (unpaired) electrons. The highest BCUT2D eigenvalue weighted by Crippen LogP contribution is 2.23. The number of nitriles is 1. The van der Waals surface area contributed by atoms with Gasteiger partial charge in [0.15, 0.2) is 0 Å². The van der Waals surface area contributed by atoms with Crippen molar-refractivity contribution in [1.29, 1.82) is 5.26 Å². The number of nitrogens with zero attached hydrogens (tertiary/aromatic N) is 3. The molecule has 5 heteroatoms. The fourth-order valence-corrected chi connectivity index (χ4v) is 2.68. The number of carbonyl (C=O) groups excluding carboxylic acids is 1. The van der Waals surface area contributed by atoms with Crippen LogP contribution in [-0.2, 0) is 0 Å². The molecule has 1 aliphatic carbocycles. The van der Waals surface area contributed by atoms with Crippen molar-refractivity contribution in [1.82, 2.24) is 9.88 Å². The standard InChI is InChI=1S/C15H19N3O2/c16-10-12-6-7-14(17-11-12)15(20)18(8-9-19)13-4-2-1-3-5-13/h6-7,11,13,19H,1-5,8-9H2. The number of hydrogen-bond acceptors (Lipinski definition) is 4. The van der Waals surface area contributed by atoms with Crippen LogP contribution in [0.3, 0.4) is 0 Å². The maximum atomic E-state index is 12.5. The van der Waals surface area contributed by atoms with Gasteiger partial charge in [-0.2, -0.15) is 5.26 Å². The largest absolute Gasteiger partial charge is 0.395 e. The molecule has 0 aliphatic heterocycles. The molecule has 1 N–H and O–H groups in total. The second kappa shape index (κ2) is 7.01. The summed E-state index contributed by atoms with van der Waals surface area (Å²) in [6, 6.07) is 5.35. The lowest BCUT2D eigenvalue weighted by Gasteiger charge is -2.33. The van der Waals surface area contributed by atoms with Crippen LogP contribution in [0.5, 0.6) is 0 Å². The van der Waals surface area contributed by atoms with Gasteiger partial charge in [-0.05, 0) is 25.0 Å². The molecule has 0 saturated heterocycles. The summed E-state index contributed by atoms with van der Waals surface area (Å²) < 4.78 is 0. The van der Waals surface area contributed by atoms with Gasteiger partial charge in [0.2, 0.25) is 0 Å². The number of aliphatic hydroxyl groups excluding tert-OH is 1. The van der Waals surface area contributed by atoms with Gasteiger partial charge in [0, 0.05) is 18.8 Å². The van der Waals surface area contributed by atoms with E-state index in [1.54, 1.807) is 17.0 Å². The molecule has 1 amide bonds. The Morgan fingerprint density at radius 3 is 2.70 bits per heavy atom. The quantitative estimate of drug-likeness (QED) is 0.906. The van der Waals surface area contributed by atoms with Crippen molar-refractivity contribution in [2.75, 3.05) is 13.2 Å². The van der Waals surface area contributed by atoms with E-state index in [9.17, 15) is 9.90 Å². The Labute approximate surface area is 118 Å². The van der Waals surface area contributed by atoms with Gasteiger partial charge in [0.25, 0.3) is 5.91 Å². The van der Waals surface area contributed by atoms with E-state index in [4.69, 9.17) is 5.26 Å². The summed E-state index contributed by atoms with van der Waals surface area (Å²) in [6.07, 6.45) is 6.85. The lowest BCUT2D eigenvalue weighted by Crippen LogP contribution is -2.43. The summed E-state index contributed by atoms with van der Waals surface area (Å²) in [5.74, 6) is -0.157. The van der Waals surface area contributed by atoms with Gasteiger partial charge in [0.05, 0.1) is 12.2 Å². The zero-order chi connectivity index (χ0) is 14.4. The van der Waals surface area contributed by atoms with E-state index in [-0.39, 0.29) is 18.6 Å². The molecular weight excluding hydrogens is 254 g/mol. The second-order valence-electron chi connectivity index (χ2n) is 5.06. The molecule has 1 heterocycles. The average Bonchev–Trinajstić information content (AvgIpc) is 2.53. The monoisotopic (exact) mass is 273 g/mol. The molecule has 0 atom stereocenters. The number of amides is 1. The highest BCUT2D eigenvalue weighted by molar-refractivity contribution is 5.92. The minimum atomic E-state index is -0.157. The number of rotatable bonds is 4. The highest BCUT2D eigenvalue weighted by Gasteiger charge is 2.26. The fourth-order valence-electron chi connectivity index (χ4n) is 2.68. The van der Waals surface area contributed by atoms with E-state index in [1.165, 1.54) is 12.6 Å². The third-order valence-electron chi connectivity index (χ3n) is 3.73. The molecular formula is C15H19N3O2. The molecule has 0 spiro atoms. The molecule has 0 unspecified atom stereocenters. The van der Waals surface area contributed by atoms with Crippen molar-refractivity contribution in [2.24, 2.45) is 0 Å². The van der Waals surface area contributed by atoms with Crippen LogP contribution in [0.25, 0.3) is 0 Å². The second-order valence-corrected chi connectivity index (χ2v) is 5.06. The summed E-state index contributed by atoms with van der Waals surface area (Å²) in [5.41, 5.74) is 0.774. The minimum absolute atomic E-state index is 0.0431. The Hall–Kier alpha value is -1.93. The van der Waals surface area contributed by atoms with Gasteiger partial charge in [0.1, 0.15) is 11.8 Å². The van der Waals surface area contributed by atoms with E-state index < -0.39 is 0 Å². The molecule has 1 aromatic rings. The van der Waals surface area contributed by atoms with Crippen LogP contribution in [0.4, 0.5) is 0 Å². The first-order valence-corrected chi connectivity index (χ1v) is 7.04. The topological polar surface area (TPSA) is 77.2 Å². The van der Waals surface area contributed by atoms with Crippen LogP contribution >= 0.6 is 0 Å². The van der Waals surface area contributed by atoms with Crippen LogP contribution in [0.15, 0.2) is 18.3 Å². The van der Waals surface area contributed by atoms with Crippen molar-refractivity contribution in [3.8, 4) is 6.07 Å². The van der Waals surface area contributed by atoms with Crippen molar-refractivity contribution in [3.05, 3.63) is 29.6 Å². The third-order valence-corrected chi connectivity index (χ3v) is 3.73. The summed E-state index contributed by atoms with van der Waals surface area (Å²) in [7, 11) is 0. The molecule has 0 aromatic carbocycles. The van der Waals surface area contributed by atoms with Crippen LogP contribution in [0.1, 0.15) is 48.2 Å². The Balaban J connectivity index is 2.14. The normalized spacial score (nSPS) is 15.6. The van der Waals surface area contributed by atoms with Crippen molar-refractivity contribution in [2.45, 2.75) is 38.1 Å².